The molecule has 0 aliphatic rings. The van der Waals surface area contributed by atoms with Crippen LogP contribution in [0.25, 0.3) is 0 Å². The minimum Gasteiger partial charge on any atom is -0.508 e. The van der Waals surface area contributed by atoms with E-state index in [1.165, 1.54) is 0 Å². The van der Waals surface area contributed by atoms with E-state index in [0.717, 1.165) is 11.3 Å². The normalized spacial score (nSPS) is 9.50. The Morgan fingerprint density at radius 1 is 1.05 bits per heavy atom. The van der Waals surface area contributed by atoms with E-state index in [1.54, 1.807) is 24.3 Å². The molecule has 2 rings (SSSR count). The smallest absolute Gasteiger partial charge is 0.120 e. The number of aliphatic hydroxyl groups excluding tert-OH is 1. The number of phenolic OH excluding ortho intramolecular Hbond substituents is 1. The molecule has 0 heterocycles. The Morgan fingerprint density at radius 3 is 2.15 bits per heavy atom. The van der Waals surface area contributed by atoms with E-state index in [1.807, 2.05) is 25.1 Å². The van der Waals surface area contributed by atoms with Gasteiger partial charge in [0.2, 0.25) is 0 Å². The summed E-state index contributed by atoms with van der Waals surface area (Å²) in [6, 6.07) is 12.5. The van der Waals surface area contributed by atoms with Crippen molar-refractivity contribution in [2.75, 3.05) is 29.9 Å². The lowest BCUT2D eigenvalue weighted by molar-refractivity contribution is 0.311. The molecular weight excluding hydrogens is 254 g/mol. The lowest BCUT2D eigenvalue weighted by atomic mass is 10.2. The molecule has 7 N–H and O–H groups in total. The molecule has 2 aromatic rings. The molecule has 0 unspecified atom stereocenters. The van der Waals surface area contributed by atoms with Gasteiger partial charge in [0.25, 0.3) is 0 Å². The third-order valence-corrected chi connectivity index (χ3v) is 2.56. The number of anilines is 3. The third-order valence-electron chi connectivity index (χ3n) is 2.56. The number of phenols is 1. The highest BCUT2D eigenvalue weighted by molar-refractivity contribution is 5.51. The van der Waals surface area contributed by atoms with Crippen LogP contribution < -0.4 is 16.8 Å². The van der Waals surface area contributed by atoms with Gasteiger partial charge in [0.15, 0.2) is 0 Å². The Labute approximate surface area is 118 Å². The number of nitrogens with one attached hydrogen (secondary N) is 1. The van der Waals surface area contributed by atoms with Gasteiger partial charge in [-0.2, -0.15) is 0 Å². The monoisotopic (exact) mass is 275 g/mol. The van der Waals surface area contributed by atoms with Crippen molar-refractivity contribution in [3.8, 4) is 5.75 Å². The predicted molar refractivity (Wildman–Crippen MR) is 83.7 cm³/mol. The quantitative estimate of drug-likeness (QED) is 0.551. The number of aliphatic hydroxyl groups is 1. The van der Waals surface area contributed by atoms with Crippen LogP contribution in [0.2, 0.25) is 0 Å². The molecule has 108 valence electrons. The van der Waals surface area contributed by atoms with Crippen LogP contribution >= 0.6 is 0 Å². The molecule has 0 radical (unpaired) electrons. The predicted octanol–water partition coefficient (Wildman–Crippen LogP) is 1.96. The first-order chi connectivity index (χ1) is 9.52. The summed E-state index contributed by atoms with van der Waals surface area (Å²) in [5, 5.41) is 20.8. The summed E-state index contributed by atoms with van der Waals surface area (Å²) in [5.41, 5.74) is 13.9. The first-order valence-corrected chi connectivity index (χ1v) is 6.28. The van der Waals surface area contributed by atoms with Gasteiger partial charge < -0.3 is 27.0 Å². The molecule has 0 saturated carbocycles. The van der Waals surface area contributed by atoms with Crippen LogP contribution in [-0.4, -0.2) is 23.4 Å². The fraction of sp³-hybridized carbons (Fsp3) is 0.200. The van der Waals surface area contributed by atoms with Crippen molar-refractivity contribution in [2.24, 2.45) is 0 Å². The summed E-state index contributed by atoms with van der Waals surface area (Å²) in [5.74, 6) is 0.276. The molecule has 5 heteroatoms. The molecular formula is C15H21N3O2. The fourth-order valence-corrected chi connectivity index (χ4v) is 1.48. The number of hydrogen-bond donors (Lipinski definition) is 5. The van der Waals surface area contributed by atoms with Crippen LogP contribution in [0, 0.1) is 6.92 Å². The Bertz CT molecular complexity index is 527. The number of aryl methyl sites for hydroxylation is 1. The van der Waals surface area contributed by atoms with E-state index in [0.29, 0.717) is 17.9 Å². The van der Waals surface area contributed by atoms with Crippen molar-refractivity contribution >= 4 is 17.1 Å². The van der Waals surface area contributed by atoms with Gasteiger partial charge >= 0.3 is 0 Å². The Hall–Kier alpha value is -2.40. The Balaban J connectivity index is 0.000000217. The highest BCUT2D eigenvalue weighted by atomic mass is 16.3. The second kappa shape index (κ2) is 7.91. The first kappa shape index (κ1) is 15.7. The zero-order valence-electron chi connectivity index (χ0n) is 11.5. The maximum absolute atomic E-state index is 9.30. The molecule has 0 saturated heterocycles. The van der Waals surface area contributed by atoms with Crippen LogP contribution in [0.1, 0.15) is 5.56 Å². The average molecular weight is 275 g/mol. The lowest BCUT2D eigenvalue weighted by Gasteiger charge is -2.05. The molecule has 0 aliphatic heterocycles. The van der Waals surface area contributed by atoms with Crippen LogP contribution in [0.15, 0.2) is 42.5 Å². The Morgan fingerprint density at radius 2 is 1.70 bits per heavy atom. The second-order valence-electron chi connectivity index (χ2n) is 4.32. The van der Waals surface area contributed by atoms with Crippen molar-refractivity contribution in [1.82, 2.24) is 0 Å². The summed E-state index contributed by atoms with van der Waals surface area (Å²) in [4.78, 5) is 0. The molecule has 0 spiro atoms. The van der Waals surface area contributed by atoms with Gasteiger partial charge in [0.05, 0.1) is 6.61 Å². The molecule has 0 aromatic heterocycles. The number of nitrogen functional groups attached to an aromatic ring is 2. The Kier molecular flexibility index (Phi) is 6.19. The maximum atomic E-state index is 9.30. The number of rotatable bonds is 3. The third kappa shape index (κ3) is 5.49. The summed E-state index contributed by atoms with van der Waals surface area (Å²) in [6.45, 7) is 2.43. The maximum Gasteiger partial charge on any atom is 0.120 e. The van der Waals surface area contributed by atoms with Gasteiger partial charge in [-0.1, -0.05) is 12.1 Å². The molecule has 20 heavy (non-hydrogen) atoms. The van der Waals surface area contributed by atoms with Crippen molar-refractivity contribution in [3.63, 3.8) is 0 Å². The van der Waals surface area contributed by atoms with Crippen molar-refractivity contribution in [3.05, 3.63) is 48.0 Å². The summed E-state index contributed by atoms with van der Waals surface area (Å²) in [7, 11) is 0. The molecule has 0 fully saturated rings. The first-order valence-electron chi connectivity index (χ1n) is 6.28. The number of hydrogen-bond acceptors (Lipinski definition) is 5. The van der Waals surface area contributed by atoms with Gasteiger partial charge in [-0.05, 0) is 36.8 Å². The van der Waals surface area contributed by atoms with Crippen LogP contribution in [0.5, 0.6) is 5.75 Å². The number of nitrogens with two attached hydrogens (primary N) is 2. The summed E-state index contributed by atoms with van der Waals surface area (Å²) < 4.78 is 0. The van der Waals surface area contributed by atoms with E-state index in [-0.39, 0.29) is 12.4 Å². The minimum absolute atomic E-state index is 0.0919. The zero-order chi connectivity index (χ0) is 15.0. The largest absolute Gasteiger partial charge is 0.508 e. The minimum atomic E-state index is 0.0919. The average Bonchev–Trinajstić information content (AvgIpc) is 2.40. The van der Waals surface area contributed by atoms with Gasteiger partial charge in [-0.15, -0.1) is 0 Å². The molecule has 0 aliphatic carbocycles. The van der Waals surface area contributed by atoms with E-state index >= 15 is 0 Å². The van der Waals surface area contributed by atoms with Gasteiger partial charge in [0, 0.05) is 29.7 Å². The molecule has 0 atom stereocenters. The number of benzene rings is 2. The van der Waals surface area contributed by atoms with Crippen LogP contribution in [0.4, 0.5) is 17.1 Å². The summed E-state index contributed by atoms with van der Waals surface area (Å²) in [6.07, 6.45) is 0. The van der Waals surface area contributed by atoms with Crippen LogP contribution in [0.3, 0.4) is 0 Å². The lowest BCUT2D eigenvalue weighted by Crippen LogP contribution is -2.04. The highest BCUT2D eigenvalue weighted by Crippen LogP contribution is 2.20. The molecule has 2 aromatic carbocycles. The fourth-order valence-electron chi connectivity index (χ4n) is 1.48. The van der Waals surface area contributed by atoms with E-state index < -0.39 is 0 Å². The molecule has 0 bridgehead atoms. The van der Waals surface area contributed by atoms with Crippen molar-refractivity contribution in [1.29, 1.82) is 0 Å². The standard InChI is InChI=1S/C9H13NO2.C6H8N2/c1-7-2-3-8(6-9(7)12)10-4-5-11;7-5-2-1-3-6(8)4-5/h2-3,6,10-12H,4-5H2,1H3;1-4H,7-8H2. The second-order valence-corrected chi connectivity index (χ2v) is 4.32. The van der Waals surface area contributed by atoms with Gasteiger partial charge in [-0.25, -0.2) is 0 Å². The highest BCUT2D eigenvalue weighted by Gasteiger charge is 1.96. The molecule has 0 amide bonds. The number of aromatic hydroxyl groups is 1. The molecule has 5 nitrogen and oxygen atoms in total. The van der Waals surface area contributed by atoms with Crippen molar-refractivity contribution < 1.29 is 10.2 Å². The van der Waals surface area contributed by atoms with Gasteiger partial charge in [0.1, 0.15) is 5.75 Å². The SMILES string of the molecule is Cc1ccc(NCCO)cc1O.Nc1cccc(N)c1. The van der Waals surface area contributed by atoms with E-state index in [9.17, 15) is 5.11 Å². The topological polar surface area (TPSA) is 105 Å². The zero-order valence-corrected chi connectivity index (χ0v) is 11.5. The van der Waals surface area contributed by atoms with Gasteiger partial charge in [-0.3, -0.25) is 0 Å². The van der Waals surface area contributed by atoms with Crippen molar-refractivity contribution in [2.45, 2.75) is 6.92 Å². The van der Waals surface area contributed by atoms with E-state index in [2.05, 4.69) is 5.32 Å². The van der Waals surface area contributed by atoms with E-state index in [4.69, 9.17) is 16.6 Å². The summed E-state index contributed by atoms with van der Waals surface area (Å²) >= 11 is 0. The van der Waals surface area contributed by atoms with Crippen LogP contribution in [-0.2, 0) is 0 Å².